The summed E-state index contributed by atoms with van der Waals surface area (Å²) in [5.41, 5.74) is 0. The highest BCUT2D eigenvalue weighted by Crippen LogP contribution is 2.38. The zero-order valence-corrected chi connectivity index (χ0v) is 49.6. The lowest BCUT2D eigenvalue weighted by Crippen LogP contribution is -2.46. The van der Waals surface area contributed by atoms with E-state index in [9.17, 15) is 19.4 Å². The van der Waals surface area contributed by atoms with E-state index in [0.29, 0.717) is 23.9 Å². The number of aliphatic hydroxyl groups is 1. The molecule has 0 aromatic carbocycles. The van der Waals surface area contributed by atoms with E-state index in [2.05, 4.69) is 19.2 Å². The summed E-state index contributed by atoms with van der Waals surface area (Å²) in [5, 5.41) is 14.0. The topological polar surface area (TPSA) is 108 Å². The van der Waals surface area contributed by atoms with Gasteiger partial charge in [0.2, 0.25) is 5.91 Å². The van der Waals surface area contributed by atoms with Crippen molar-refractivity contribution in [1.82, 2.24) is 5.32 Å². The number of hydrogen-bond acceptors (Lipinski definition) is 6. The molecule has 0 aliphatic rings. The number of likely N-dealkylation sites (N-methyl/N-ethyl adjacent to an activating group) is 1. The Hall–Kier alpha value is -0.500. The number of amides is 1. The molecule has 0 aromatic rings. The molecular weight excluding hydrogens is 900 g/mol. The Morgan fingerprint density at radius 1 is 0.437 bits per heavy atom. The van der Waals surface area contributed by atoms with Crippen LogP contribution in [0.3, 0.4) is 0 Å². The highest BCUT2D eigenvalue weighted by molar-refractivity contribution is 7.45. The first-order valence-electron chi connectivity index (χ1n) is 31.9. The van der Waals surface area contributed by atoms with E-state index in [1.54, 1.807) is 0 Å². The average Bonchev–Trinajstić information content (AvgIpc) is 3.33. The third kappa shape index (κ3) is 57.1. The van der Waals surface area contributed by atoms with Crippen molar-refractivity contribution in [2.45, 2.75) is 353 Å². The Morgan fingerprint density at radius 3 is 0.958 bits per heavy atom. The van der Waals surface area contributed by atoms with Gasteiger partial charge in [-0.15, -0.1) is 0 Å². The highest BCUT2D eigenvalue weighted by Gasteiger charge is 2.24. The largest absolute Gasteiger partial charge is 0.756 e. The molecule has 0 aliphatic heterocycles. The molecule has 426 valence electrons. The lowest BCUT2D eigenvalue weighted by molar-refractivity contribution is -0.870. The summed E-state index contributed by atoms with van der Waals surface area (Å²) in [7, 11) is 1.33. The first kappa shape index (κ1) is 70.5. The zero-order chi connectivity index (χ0) is 52.0. The van der Waals surface area contributed by atoms with Gasteiger partial charge in [-0.05, 0) is 12.8 Å². The molecule has 0 heterocycles. The van der Waals surface area contributed by atoms with Gasteiger partial charge in [0.05, 0.1) is 39.9 Å². The Balaban J connectivity index is 3.90. The molecule has 0 bridgehead atoms. The molecule has 0 saturated heterocycles. The van der Waals surface area contributed by atoms with Crippen LogP contribution < -0.4 is 10.2 Å². The number of unbranched alkanes of at least 4 members (excludes halogenated alkanes) is 47. The fourth-order valence-corrected chi connectivity index (χ4v) is 10.8. The van der Waals surface area contributed by atoms with Crippen LogP contribution in [0.4, 0.5) is 0 Å². The summed E-state index contributed by atoms with van der Waals surface area (Å²) >= 11 is 0. The third-order valence-corrected chi connectivity index (χ3v) is 16.1. The maximum absolute atomic E-state index is 13.0. The molecule has 0 aromatic heterocycles. The highest BCUT2D eigenvalue weighted by atomic mass is 31.2. The fourth-order valence-electron chi connectivity index (χ4n) is 10.1. The van der Waals surface area contributed by atoms with Gasteiger partial charge < -0.3 is 28.8 Å². The molecule has 3 unspecified atom stereocenters. The molecular formula is C62H127N2O6P. The summed E-state index contributed by atoms with van der Waals surface area (Å²) in [6.45, 7) is 4.78. The molecule has 1 amide bonds. The van der Waals surface area contributed by atoms with Gasteiger partial charge >= 0.3 is 0 Å². The second kappa shape index (κ2) is 54.3. The average molecular weight is 1030 g/mol. The van der Waals surface area contributed by atoms with Crippen molar-refractivity contribution < 1.29 is 32.9 Å². The van der Waals surface area contributed by atoms with E-state index in [1.807, 2.05) is 21.1 Å². The Kier molecular flexibility index (Phi) is 53.9. The zero-order valence-electron chi connectivity index (χ0n) is 48.7. The minimum Gasteiger partial charge on any atom is -0.756 e. The maximum Gasteiger partial charge on any atom is 0.268 e. The van der Waals surface area contributed by atoms with E-state index in [4.69, 9.17) is 9.05 Å². The van der Waals surface area contributed by atoms with Crippen LogP contribution in [0.25, 0.3) is 0 Å². The molecule has 0 fully saturated rings. The Morgan fingerprint density at radius 2 is 0.690 bits per heavy atom. The van der Waals surface area contributed by atoms with Gasteiger partial charge in [-0.1, -0.05) is 322 Å². The number of phosphoric ester groups is 1. The van der Waals surface area contributed by atoms with Crippen molar-refractivity contribution in [2.24, 2.45) is 0 Å². The SMILES string of the molecule is CCCCCCCCCCCCCCCCCCCCCCCCCCCCCCCCCCCCC(=O)NC(COP(=O)([O-])OCC[N+](C)(C)C)C(O)CCCCCCCCCCCCCCCCC. The number of phosphoric acid groups is 1. The summed E-state index contributed by atoms with van der Waals surface area (Å²) in [6.07, 6.45) is 66.0. The number of quaternary nitrogens is 1. The number of aliphatic hydroxyl groups excluding tert-OH is 1. The summed E-state index contributed by atoms with van der Waals surface area (Å²) in [5.74, 6) is -0.156. The summed E-state index contributed by atoms with van der Waals surface area (Å²) in [4.78, 5) is 25.5. The number of carbonyl (C=O) groups is 1. The van der Waals surface area contributed by atoms with E-state index >= 15 is 0 Å². The van der Waals surface area contributed by atoms with Crippen molar-refractivity contribution in [2.75, 3.05) is 40.9 Å². The van der Waals surface area contributed by atoms with Crippen molar-refractivity contribution in [3.8, 4) is 0 Å². The van der Waals surface area contributed by atoms with E-state index in [0.717, 1.165) is 38.5 Å². The first-order chi connectivity index (χ1) is 34.5. The molecule has 0 radical (unpaired) electrons. The second-order valence-corrected chi connectivity index (χ2v) is 24.9. The lowest BCUT2D eigenvalue weighted by Gasteiger charge is -2.30. The third-order valence-electron chi connectivity index (χ3n) is 15.1. The quantitative estimate of drug-likeness (QED) is 0.0357. The monoisotopic (exact) mass is 1030 g/mol. The molecule has 8 nitrogen and oxygen atoms in total. The number of hydrogen-bond donors (Lipinski definition) is 2. The summed E-state index contributed by atoms with van der Waals surface area (Å²) in [6, 6.07) is -0.795. The number of nitrogens with zero attached hydrogens (tertiary/aromatic N) is 1. The van der Waals surface area contributed by atoms with Crippen LogP contribution >= 0.6 is 7.82 Å². The van der Waals surface area contributed by atoms with Crippen LogP contribution in [0.5, 0.6) is 0 Å². The predicted molar refractivity (Wildman–Crippen MR) is 307 cm³/mol. The van der Waals surface area contributed by atoms with E-state index in [-0.39, 0.29) is 19.1 Å². The van der Waals surface area contributed by atoms with Gasteiger partial charge in [0, 0.05) is 6.42 Å². The van der Waals surface area contributed by atoms with Crippen LogP contribution in [-0.2, 0) is 18.4 Å². The smallest absolute Gasteiger partial charge is 0.268 e. The molecule has 0 aliphatic carbocycles. The molecule has 0 saturated carbocycles. The molecule has 3 atom stereocenters. The number of carbonyl (C=O) groups excluding carboxylic acids is 1. The second-order valence-electron chi connectivity index (χ2n) is 23.5. The van der Waals surface area contributed by atoms with Gasteiger partial charge in [0.15, 0.2) is 0 Å². The van der Waals surface area contributed by atoms with Crippen LogP contribution in [0.15, 0.2) is 0 Å². The van der Waals surface area contributed by atoms with Crippen molar-refractivity contribution >= 4 is 13.7 Å². The van der Waals surface area contributed by atoms with Crippen LogP contribution in [-0.4, -0.2) is 68.5 Å². The van der Waals surface area contributed by atoms with Crippen LogP contribution in [0.1, 0.15) is 341 Å². The Labute approximate surface area is 444 Å². The standard InChI is InChI=1S/C62H127N2O6P/c1-6-8-10-12-14-16-18-20-22-23-24-25-26-27-28-29-30-31-32-33-34-35-36-37-38-39-40-42-44-46-48-50-52-54-56-62(66)63-60(59-70-71(67,68)69-58-57-64(3,4)5)61(65)55-53-51-49-47-45-43-41-21-19-17-15-13-11-9-7-2/h60-61,65H,6-59H2,1-5H3,(H-,63,66,67,68). The van der Waals surface area contributed by atoms with Crippen molar-refractivity contribution in [1.29, 1.82) is 0 Å². The lowest BCUT2D eigenvalue weighted by atomic mass is 10.0. The van der Waals surface area contributed by atoms with Crippen molar-refractivity contribution in [3.05, 3.63) is 0 Å². The van der Waals surface area contributed by atoms with Crippen LogP contribution in [0, 0.1) is 0 Å². The van der Waals surface area contributed by atoms with Crippen LogP contribution in [0.2, 0.25) is 0 Å². The predicted octanol–water partition coefficient (Wildman–Crippen LogP) is 19.0. The molecule has 71 heavy (non-hydrogen) atoms. The van der Waals surface area contributed by atoms with Gasteiger partial charge in [0.1, 0.15) is 13.2 Å². The molecule has 9 heteroatoms. The van der Waals surface area contributed by atoms with Gasteiger partial charge in [-0.25, -0.2) is 0 Å². The molecule has 0 spiro atoms. The number of rotatable bonds is 60. The Bertz CT molecular complexity index is 1120. The fraction of sp³-hybridized carbons (Fsp3) is 0.984. The van der Waals surface area contributed by atoms with Gasteiger partial charge in [-0.2, -0.15) is 0 Å². The summed E-state index contributed by atoms with van der Waals surface area (Å²) < 4.78 is 23.4. The molecule has 2 N–H and O–H groups in total. The molecule has 0 rings (SSSR count). The van der Waals surface area contributed by atoms with Gasteiger partial charge in [-0.3, -0.25) is 9.36 Å². The number of nitrogens with one attached hydrogen (secondary N) is 1. The van der Waals surface area contributed by atoms with E-state index in [1.165, 1.54) is 276 Å². The normalized spacial score (nSPS) is 13.7. The minimum absolute atomic E-state index is 0.0166. The first-order valence-corrected chi connectivity index (χ1v) is 33.3. The van der Waals surface area contributed by atoms with Gasteiger partial charge in [0.25, 0.3) is 7.82 Å². The van der Waals surface area contributed by atoms with Crippen molar-refractivity contribution in [3.63, 3.8) is 0 Å². The van der Waals surface area contributed by atoms with E-state index < -0.39 is 20.0 Å². The minimum atomic E-state index is -4.57. The maximum atomic E-state index is 13.0.